The van der Waals surface area contributed by atoms with Crippen LogP contribution in [0.15, 0.2) is 18.2 Å². The number of amides is 1. The molecular weight excluding hydrogens is 276 g/mol. The zero-order valence-electron chi connectivity index (χ0n) is 12.2. The Morgan fingerprint density at radius 3 is 2.65 bits per heavy atom. The third-order valence-corrected chi connectivity index (χ3v) is 3.58. The van der Waals surface area contributed by atoms with E-state index >= 15 is 0 Å². The van der Waals surface area contributed by atoms with Crippen molar-refractivity contribution >= 4 is 17.7 Å². The van der Waals surface area contributed by atoms with E-state index in [1.807, 2.05) is 32.9 Å². The summed E-state index contributed by atoms with van der Waals surface area (Å²) in [5.74, 6) is 0. The number of alkyl carbamates (subject to hydrolysis) is 1. The minimum atomic E-state index is -0.483. The Bertz CT molecular complexity index is 493. The van der Waals surface area contributed by atoms with E-state index in [2.05, 4.69) is 10.3 Å². The molecule has 0 spiro atoms. The van der Waals surface area contributed by atoms with Gasteiger partial charge in [-0.15, -0.1) is 0 Å². The highest BCUT2D eigenvalue weighted by molar-refractivity contribution is 6.29. The lowest BCUT2D eigenvalue weighted by molar-refractivity contribution is 0.0382. The molecule has 0 unspecified atom stereocenters. The molecule has 1 saturated carbocycles. The first-order valence-electron chi connectivity index (χ1n) is 6.91. The number of ether oxygens (including phenoxy) is 1. The van der Waals surface area contributed by atoms with Crippen molar-refractivity contribution in [3.63, 3.8) is 0 Å². The average Bonchev–Trinajstić information content (AvgIpc) is 2.23. The average molecular weight is 297 g/mol. The van der Waals surface area contributed by atoms with Gasteiger partial charge in [0.05, 0.1) is 0 Å². The topological polar surface area (TPSA) is 51.2 Å². The van der Waals surface area contributed by atoms with Crippen LogP contribution in [0.2, 0.25) is 5.15 Å². The molecule has 0 atom stereocenters. The molecule has 1 aliphatic rings. The van der Waals surface area contributed by atoms with Crippen LogP contribution < -0.4 is 5.32 Å². The first-order chi connectivity index (χ1) is 9.28. The van der Waals surface area contributed by atoms with Gasteiger partial charge < -0.3 is 10.1 Å². The van der Waals surface area contributed by atoms with Gasteiger partial charge in [-0.3, -0.25) is 0 Å². The molecule has 1 N–H and O–H groups in total. The fourth-order valence-corrected chi connectivity index (χ4v) is 2.55. The van der Waals surface area contributed by atoms with Gasteiger partial charge in [-0.25, -0.2) is 9.78 Å². The number of nitrogens with one attached hydrogen (secondary N) is 1. The van der Waals surface area contributed by atoms with Gasteiger partial charge in [0, 0.05) is 17.7 Å². The molecule has 0 bridgehead atoms. The van der Waals surface area contributed by atoms with Crippen molar-refractivity contribution in [3.05, 3.63) is 29.0 Å². The maximum Gasteiger partial charge on any atom is 0.408 e. The van der Waals surface area contributed by atoms with E-state index in [4.69, 9.17) is 16.3 Å². The van der Waals surface area contributed by atoms with Crippen LogP contribution in [-0.2, 0) is 11.2 Å². The standard InChI is InChI=1S/C15H21ClN2O2/c1-14(2,3)20-13(19)18-15(8-5-9-15)10-11-6-4-7-12(16)17-11/h4,6-7H,5,8-10H2,1-3H3,(H,18,19). The highest BCUT2D eigenvalue weighted by atomic mass is 35.5. The van der Waals surface area contributed by atoms with Gasteiger partial charge in [0.25, 0.3) is 0 Å². The van der Waals surface area contributed by atoms with Crippen molar-refractivity contribution in [1.29, 1.82) is 0 Å². The maximum atomic E-state index is 11.9. The van der Waals surface area contributed by atoms with Gasteiger partial charge in [0.2, 0.25) is 0 Å². The van der Waals surface area contributed by atoms with Crippen molar-refractivity contribution in [2.75, 3.05) is 0 Å². The van der Waals surface area contributed by atoms with E-state index in [0.717, 1.165) is 25.0 Å². The summed E-state index contributed by atoms with van der Waals surface area (Å²) < 4.78 is 5.33. The summed E-state index contributed by atoms with van der Waals surface area (Å²) in [6, 6.07) is 5.56. The molecule has 1 aromatic heterocycles. The monoisotopic (exact) mass is 296 g/mol. The SMILES string of the molecule is CC(C)(C)OC(=O)NC1(Cc2cccc(Cl)n2)CCC1. The molecular formula is C15H21ClN2O2. The molecule has 4 nitrogen and oxygen atoms in total. The summed E-state index contributed by atoms with van der Waals surface area (Å²) in [5.41, 5.74) is 0.178. The summed E-state index contributed by atoms with van der Waals surface area (Å²) in [6.45, 7) is 5.58. The first kappa shape index (κ1) is 15.1. The summed E-state index contributed by atoms with van der Waals surface area (Å²) in [5, 5.41) is 3.49. The van der Waals surface area contributed by atoms with Crippen LogP contribution in [0.3, 0.4) is 0 Å². The van der Waals surface area contributed by atoms with Crippen LogP contribution in [0.25, 0.3) is 0 Å². The molecule has 20 heavy (non-hydrogen) atoms. The number of aromatic nitrogens is 1. The Morgan fingerprint density at radius 2 is 2.15 bits per heavy atom. The quantitative estimate of drug-likeness (QED) is 0.865. The smallest absolute Gasteiger partial charge is 0.408 e. The van der Waals surface area contributed by atoms with Crippen molar-refractivity contribution in [3.8, 4) is 0 Å². The van der Waals surface area contributed by atoms with E-state index in [9.17, 15) is 4.79 Å². The van der Waals surface area contributed by atoms with Gasteiger partial charge in [-0.2, -0.15) is 0 Å². The molecule has 1 aliphatic carbocycles. The molecule has 0 saturated heterocycles. The van der Waals surface area contributed by atoms with Crippen LogP contribution in [0, 0.1) is 0 Å². The normalized spacial score (nSPS) is 17.2. The number of carbonyl (C=O) groups is 1. The molecule has 110 valence electrons. The lowest BCUT2D eigenvalue weighted by Crippen LogP contribution is -2.56. The molecule has 0 radical (unpaired) electrons. The lowest BCUT2D eigenvalue weighted by atomic mass is 9.73. The fourth-order valence-electron chi connectivity index (χ4n) is 2.37. The molecule has 1 aromatic rings. The second-order valence-corrected chi connectivity index (χ2v) is 6.78. The Morgan fingerprint density at radius 1 is 1.45 bits per heavy atom. The molecule has 0 aromatic carbocycles. The molecule has 1 fully saturated rings. The minimum Gasteiger partial charge on any atom is -0.444 e. The second kappa shape index (κ2) is 5.60. The molecule has 0 aliphatic heterocycles. The van der Waals surface area contributed by atoms with Crippen LogP contribution in [0.5, 0.6) is 0 Å². The molecule has 1 heterocycles. The third-order valence-electron chi connectivity index (χ3n) is 3.37. The number of pyridine rings is 1. The number of carbonyl (C=O) groups excluding carboxylic acids is 1. The maximum absolute atomic E-state index is 11.9. The Balaban J connectivity index is 2.01. The van der Waals surface area contributed by atoms with E-state index in [1.54, 1.807) is 6.07 Å². The van der Waals surface area contributed by atoms with E-state index in [-0.39, 0.29) is 11.6 Å². The zero-order chi connectivity index (χ0) is 14.8. The predicted molar refractivity (Wildman–Crippen MR) is 78.9 cm³/mol. The first-order valence-corrected chi connectivity index (χ1v) is 7.28. The van der Waals surface area contributed by atoms with E-state index in [1.165, 1.54) is 0 Å². The number of halogens is 1. The van der Waals surface area contributed by atoms with Crippen LogP contribution in [-0.4, -0.2) is 22.2 Å². The molecule has 1 amide bonds. The zero-order valence-corrected chi connectivity index (χ0v) is 13.0. The van der Waals surface area contributed by atoms with Crippen LogP contribution in [0.4, 0.5) is 4.79 Å². The van der Waals surface area contributed by atoms with Gasteiger partial charge in [-0.05, 0) is 52.2 Å². The molecule has 5 heteroatoms. The van der Waals surface area contributed by atoms with E-state index in [0.29, 0.717) is 11.6 Å². The molecule has 2 rings (SSSR count). The number of nitrogens with zero attached hydrogens (tertiary/aromatic N) is 1. The number of rotatable bonds is 3. The summed E-state index contributed by atoms with van der Waals surface area (Å²) >= 11 is 5.90. The highest BCUT2D eigenvalue weighted by Crippen LogP contribution is 2.35. The summed E-state index contributed by atoms with van der Waals surface area (Å²) in [6.07, 6.45) is 3.32. The summed E-state index contributed by atoms with van der Waals surface area (Å²) in [4.78, 5) is 16.2. The van der Waals surface area contributed by atoms with Crippen molar-refractivity contribution < 1.29 is 9.53 Å². The number of hydrogen-bond acceptors (Lipinski definition) is 3. The Hall–Kier alpha value is -1.29. The van der Waals surface area contributed by atoms with Gasteiger partial charge >= 0.3 is 6.09 Å². The lowest BCUT2D eigenvalue weighted by Gasteiger charge is -2.42. The Kier molecular flexibility index (Phi) is 4.23. The van der Waals surface area contributed by atoms with E-state index < -0.39 is 5.60 Å². The van der Waals surface area contributed by atoms with Crippen LogP contribution >= 0.6 is 11.6 Å². The third kappa shape index (κ3) is 4.10. The summed E-state index contributed by atoms with van der Waals surface area (Å²) in [7, 11) is 0. The second-order valence-electron chi connectivity index (χ2n) is 6.39. The van der Waals surface area contributed by atoms with Crippen molar-refractivity contribution in [2.24, 2.45) is 0 Å². The van der Waals surface area contributed by atoms with Gasteiger partial charge in [-0.1, -0.05) is 17.7 Å². The minimum absolute atomic E-state index is 0.236. The Labute approximate surface area is 124 Å². The number of hydrogen-bond donors (Lipinski definition) is 1. The van der Waals surface area contributed by atoms with Gasteiger partial charge in [0.15, 0.2) is 0 Å². The highest BCUT2D eigenvalue weighted by Gasteiger charge is 2.39. The fraction of sp³-hybridized carbons (Fsp3) is 0.600. The van der Waals surface area contributed by atoms with Crippen molar-refractivity contribution in [2.45, 2.75) is 57.6 Å². The predicted octanol–water partition coefficient (Wildman–Crippen LogP) is 3.72. The van der Waals surface area contributed by atoms with Crippen LogP contribution in [0.1, 0.15) is 45.7 Å². The van der Waals surface area contributed by atoms with Crippen molar-refractivity contribution in [1.82, 2.24) is 10.3 Å². The van der Waals surface area contributed by atoms with Gasteiger partial charge in [0.1, 0.15) is 10.8 Å². The largest absolute Gasteiger partial charge is 0.444 e.